The molecule has 2 heterocycles. The van der Waals surface area contributed by atoms with Gasteiger partial charge < -0.3 is 11.1 Å². The summed E-state index contributed by atoms with van der Waals surface area (Å²) in [5.74, 6) is -1.68. The molecule has 1 aromatic carbocycles. The van der Waals surface area contributed by atoms with Crippen molar-refractivity contribution in [1.29, 1.82) is 0 Å². The lowest BCUT2D eigenvalue weighted by Crippen LogP contribution is -2.46. The summed E-state index contributed by atoms with van der Waals surface area (Å²) in [5.41, 5.74) is 6.28. The Labute approximate surface area is 109 Å². The predicted molar refractivity (Wildman–Crippen MR) is 67.4 cm³/mol. The lowest BCUT2D eigenvalue weighted by atomic mass is 10.1. The van der Waals surface area contributed by atoms with Crippen LogP contribution in [-0.2, 0) is 4.79 Å². The van der Waals surface area contributed by atoms with Crippen molar-refractivity contribution in [3.05, 3.63) is 29.3 Å². The molecule has 1 aromatic rings. The zero-order valence-electron chi connectivity index (χ0n) is 10.2. The Bertz CT molecular complexity index is 591. The summed E-state index contributed by atoms with van der Waals surface area (Å²) in [6.45, 7) is 0.724. The molecular weight excluding hydrogens is 246 g/mol. The van der Waals surface area contributed by atoms with E-state index in [0.29, 0.717) is 11.3 Å². The van der Waals surface area contributed by atoms with Gasteiger partial charge >= 0.3 is 0 Å². The first kappa shape index (κ1) is 11.9. The number of carbonyl (C=O) groups is 3. The zero-order valence-corrected chi connectivity index (χ0v) is 10.2. The van der Waals surface area contributed by atoms with Gasteiger partial charge in [0, 0.05) is 5.69 Å². The van der Waals surface area contributed by atoms with Crippen molar-refractivity contribution in [2.45, 2.75) is 18.9 Å². The van der Waals surface area contributed by atoms with Crippen LogP contribution in [0.15, 0.2) is 18.2 Å². The first-order chi connectivity index (χ1) is 9.11. The van der Waals surface area contributed by atoms with Gasteiger partial charge in [-0.15, -0.1) is 0 Å². The van der Waals surface area contributed by atoms with Crippen LogP contribution < -0.4 is 11.1 Å². The molecule has 6 nitrogen and oxygen atoms in total. The van der Waals surface area contributed by atoms with E-state index >= 15 is 0 Å². The first-order valence-electron chi connectivity index (χ1n) is 6.16. The monoisotopic (exact) mass is 259 g/mol. The molecule has 3 rings (SSSR count). The van der Waals surface area contributed by atoms with Gasteiger partial charge in [-0.2, -0.15) is 0 Å². The number of benzene rings is 1. The summed E-state index contributed by atoms with van der Waals surface area (Å²) >= 11 is 0. The van der Waals surface area contributed by atoms with Gasteiger partial charge in [-0.1, -0.05) is 6.07 Å². The van der Waals surface area contributed by atoms with E-state index in [0.717, 1.165) is 13.0 Å². The van der Waals surface area contributed by atoms with Crippen LogP contribution >= 0.6 is 0 Å². The van der Waals surface area contributed by atoms with Gasteiger partial charge in [0.15, 0.2) is 0 Å². The van der Waals surface area contributed by atoms with Crippen molar-refractivity contribution in [1.82, 2.24) is 10.2 Å². The highest BCUT2D eigenvalue weighted by Crippen LogP contribution is 2.28. The number of carbonyl (C=O) groups excluding carboxylic acids is 3. The third-order valence-corrected chi connectivity index (χ3v) is 3.53. The molecule has 1 fully saturated rings. The number of nitrogen functional groups attached to an aromatic ring is 1. The van der Waals surface area contributed by atoms with Gasteiger partial charge in [-0.3, -0.25) is 14.4 Å². The third-order valence-electron chi connectivity index (χ3n) is 3.53. The van der Waals surface area contributed by atoms with Crippen LogP contribution in [0.4, 0.5) is 5.69 Å². The highest BCUT2D eigenvalue weighted by Gasteiger charge is 2.43. The van der Waals surface area contributed by atoms with Crippen LogP contribution in [0.25, 0.3) is 0 Å². The van der Waals surface area contributed by atoms with Crippen LogP contribution in [0.5, 0.6) is 0 Å². The zero-order chi connectivity index (χ0) is 13.6. The van der Waals surface area contributed by atoms with Gasteiger partial charge in [0.2, 0.25) is 0 Å². The fourth-order valence-corrected chi connectivity index (χ4v) is 2.56. The van der Waals surface area contributed by atoms with Gasteiger partial charge in [0.25, 0.3) is 17.7 Å². The molecule has 3 amide bonds. The maximum atomic E-state index is 12.2. The molecule has 1 saturated heterocycles. The van der Waals surface area contributed by atoms with Crippen LogP contribution in [0.2, 0.25) is 0 Å². The Balaban J connectivity index is 1.98. The predicted octanol–water partition coefficient (Wildman–Crippen LogP) is 0.143. The average Bonchev–Trinajstić information content (AvgIpc) is 2.98. The third kappa shape index (κ3) is 1.64. The fraction of sp³-hybridized carbons (Fsp3) is 0.308. The smallest absolute Gasteiger partial charge is 0.270 e. The number of rotatable bonds is 1. The van der Waals surface area contributed by atoms with Crippen molar-refractivity contribution >= 4 is 23.4 Å². The number of fused-ring (bicyclic) bond motifs is 1. The summed E-state index contributed by atoms with van der Waals surface area (Å²) in [6, 6.07) is 4.21. The molecule has 6 heteroatoms. The molecular formula is C13H13N3O3. The number of imide groups is 3. The van der Waals surface area contributed by atoms with Crippen molar-refractivity contribution in [3.8, 4) is 0 Å². The molecule has 2 aliphatic rings. The molecule has 98 valence electrons. The molecule has 0 radical (unpaired) electrons. The van der Waals surface area contributed by atoms with E-state index in [9.17, 15) is 14.4 Å². The number of amides is 3. The number of nitrogens with two attached hydrogens (primary N) is 1. The summed E-state index contributed by atoms with van der Waals surface area (Å²) in [4.78, 5) is 37.3. The molecule has 0 saturated carbocycles. The number of anilines is 1. The first-order valence-corrected chi connectivity index (χ1v) is 6.16. The van der Waals surface area contributed by atoms with Crippen molar-refractivity contribution in [2.75, 3.05) is 12.3 Å². The summed E-state index contributed by atoms with van der Waals surface area (Å²) in [5, 5.41) is 2.99. The van der Waals surface area contributed by atoms with Crippen LogP contribution in [0, 0.1) is 0 Å². The lowest BCUT2D eigenvalue weighted by molar-refractivity contribution is -0.128. The number of hydrogen-bond acceptors (Lipinski definition) is 5. The van der Waals surface area contributed by atoms with E-state index in [4.69, 9.17) is 5.73 Å². The average molecular weight is 259 g/mol. The van der Waals surface area contributed by atoms with Gasteiger partial charge in [0.05, 0.1) is 17.2 Å². The van der Waals surface area contributed by atoms with Gasteiger partial charge in [-0.05, 0) is 31.5 Å². The van der Waals surface area contributed by atoms with Crippen molar-refractivity contribution in [2.24, 2.45) is 0 Å². The van der Waals surface area contributed by atoms with Crippen LogP contribution in [0.3, 0.4) is 0 Å². The maximum Gasteiger partial charge on any atom is 0.270 e. The molecule has 0 aromatic heterocycles. The van der Waals surface area contributed by atoms with E-state index < -0.39 is 23.8 Å². The quantitative estimate of drug-likeness (QED) is 0.553. The Kier molecular flexibility index (Phi) is 2.60. The molecule has 1 atom stereocenters. The van der Waals surface area contributed by atoms with E-state index in [-0.39, 0.29) is 16.8 Å². The molecule has 0 unspecified atom stereocenters. The van der Waals surface area contributed by atoms with Crippen LogP contribution in [0.1, 0.15) is 33.6 Å². The van der Waals surface area contributed by atoms with E-state index in [1.54, 1.807) is 12.1 Å². The molecule has 0 bridgehead atoms. The topological polar surface area (TPSA) is 92.5 Å². The Morgan fingerprint density at radius 1 is 1.32 bits per heavy atom. The van der Waals surface area contributed by atoms with E-state index in [1.165, 1.54) is 6.07 Å². The normalized spacial score (nSPS) is 21.9. The molecule has 2 aliphatic heterocycles. The SMILES string of the molecule is Nc1cccc2c1C(=O)N(C(=O)[C@@H]1CCCN1)C2=O. The van der Waals surface area contributed by atoms with Crippen molar-refractivity contribution in [3.63, 3.8) is 0 Å². The minimum Gasteiger partial charge on any atom is -0.398 e. The molecule has 0 aliphatic carbocycles. The Morgan fingerprint density at radius 3 is 2.74 bits per heavy atom. The second-order valence-corrected chi connectivity index (χ2v) is 4.70. The Morgan fingerprint density at radius 2 is 2.11 bits per heavy atom. The molecule has 3 N–H and O–H groups in total. The Hall–Kier alpha value is -2.21. The fourth-order valence-electron chi connectivity index (χ4n) is 2.56. The van der Waals surface area contributed by atoms with Gasteiger partial charge in [0.1, 0.15) is 0 Å². The number of hydrogen-bond donors (Lipinski definition) is 2. The second kappa shape index (κ2) is 4.17. The summed E-state index contributed by atoms with van der Waals surface area (Å²) in [7, 11) is 0. The lowest BCUT2D eigenvalue weighted by Gasteiger charge is -2.16. The van der Waals surface area contributed by atoms with Gasteiger partial charge in [-0.25, -0.2) is 4.90 Å². The molecule has 19 heavy (non-hydrogen) atoms. The minimum absolute atomic E-state index is 0.138. The van der Waals surface area contributed by atoms with Crippen molar-refractivity contribution < 1.29 is 14.4 Å². The highest BCUT2D eigenvalue weighted by molar-refractivity contribution is 6.31. The molecule has 0 spiro atoms. The highest BCUT2D eigenvalue weighted by atomic mass is 16.2. The van der Waals surface area contributed by atoms with Crippen LogP contribution in [-0.4, -0.2) is 35.2 Å². The largest absolute Gasteiger partial charge is 0.398 e. The van der Waals surface area contributed by atoms with E-state index in [2.05, 4.69) is 5.32 Å². The minimum atomic E-state index is -0.614. The standard InChI is InChI=1S/C13H13N3O3/c14-8-4-1-3-7-10(8)13(19)16(11(7)17)12(18)9-5-2-6-15-9/h1,3-4,9,15H,2,5-6,14H2/t9-/m0/s1. The summed E-state index contributed by atoms with van der Waals surface area (Å²) < 4.78 is 0. The number of nitrogens with zero attached hydrogens (tertiary/aromatic N) is 1. The van der Waals surface area contributed by atoms with E-state index in [1.807, 2.05) is 0 Å². The second-order valence-electron chi connectivity index (χ2n) is 4.70. The maximum absolute atomic E-state index is 12.2. The number of nitrogens with one attached hydrogen (secondary N) is 1. The summed E-state index contributed by atoms with van der Waals surface area (Å²) in [6.07, 6.45) is 1.50.